The zero-order chi connectivity index (χ0) is 18.9. The average molecular weight is 360 g/mol. The Labute approximate surface area is 154 Å². The first-order valence-electron chi connectivity index (χ1n) is 8.36. The van der Waals surface area contributed by atoms with Crippen molar-refractivity contribution in [3.63, 3.8) is 0 Å². The second-order valence-electron chi connectivity index (χ2n) is 6.84. The van der Waals surface area contributed by atoms with Gasteiger partial charge in [-0.1, -0.05) is 36.4 Å². The number of nitrogen functional groups attached to an aromatic ring is 1. The van der Waals surface area contributed by atoms with E-state index in [4.69, 9.17) is 11.0 Å². The van der Waals surface area contributed by atoms with E-state index in [-0.39, 0.29) is 0 Å². The predicted molar refractivity (Wildman–Crippen MR) is 110 cm³/mol. The molecule has 2 N–H and O–H groups in total. The van der Waals surface area contributed by atoms with Crippen LogP contribution in [0.1, 0.15) is 11.1 Å². The van der Waals surface area contributed by atoms with Crippen LogP contribution < -0.4 is 11.0 Å². The summed E-state index contributed by atoms with van der Waals surface area (Å²) in [7, 11) is -2.32. The summed E-state index contributed by atoms with van der Waals surface area (Å²) in [6, 6.07) is 21.4. The fourth-order valence-electron chi connectivity index (χ4n) is 2.97. The Morgan fingerprint density at radius 1 is 0.885 bits per heavy atom. The summed E-state index contributed by atoms with van der Waals surface area (Å²) < 4.78 is 12.4. The number of nitrogens with two attached hydrogens (primary N) is 1. The normalized spacial score (nSPS) is 11.2. The maximum atomic E-state index is 12.4. The van der Waals surface area contributed by atoms with E-state index in [2.05, 4.69) is 6.07 Å². The van der Waals surface area contributed by atoms with Gasteiger partial charge in [-0.15, -0.1) is 0 Å². The molecule has 0 heterocycles. The van der Waals surface area contributed by atoms with E-state index in [0.717, 1.165) is 33.1 Å². The lowest BCUT2D eigenvalue weighted by molar-refractivity contribution is 0.588. The van der Waals surface area contributed by atoms with E-state index in [1.54, 1.807) is 25.5 Å². The van der Waals surface area contributed by atoms with Gasteiger partial charge in [-0.3, -0.25) is 0 Å². The Hall–Kier alpha value is -2.82. The molecule has 3 rings (SSSR count). The van der Waals surface area contributed by atoms with Crippen molar-refractivity contribution in [2.24, 2.45) is 0 Å². The highest BCUT2D eigenvalue weighted by Gasteiger charge is 2.14. The van der Waals surface area contributed by atoms with Gasteiger partial charge in [0.15, 0.2) is 0 Å². The second kappa shape index (κ2) is 6.83. The number of rotatable bonds is 3. The zero-order valence-electron chi connectivity index (χ0n) is 15.2. The Bertz CT molecular complexity index is 1060. The molecule has 0 spiro atoms. The van der Waals surface area contributed by atoms with Crippen LogP contribution in [0.5, 0.6) is 0 Å². The van der Waals surface area contributed by atoms with Crippen molar-refractivity contribution in [3.05, 3.63) is 71.8 Å². The highest BCUT2D eigenvalue weighted by atomic mass is 31.2. The van der Waals surface area contributed by atoms with E-state index in [1.165, 1.54) is 0 Å². The number of hydrogen-bond donors (Lipinski definition) is 1. The van der Waals surface area contributed by atoms with Crippen LogP contribution >= 0.6 is 7.14 Å². The molecule has 0 unspecified atom stereocenters. The van der Waals surface area contributed by atoms with Crippen LogP contribution in [0.2, 0.25) is 0 Å². The van der Waals surface area contributed by atoms with Crippen LogP contribution in [-0.2, 0) is 4.57 Å². The van der Waals surface area contributed by atoms with E-state index >= 15 is 0 Å². The second-order valence-corrected chi connectivity index (χ2v) is 10.1. The molecule has 0 saturated carbocycles. The van der Waals surface area contributed by atoms with Crippen LogP contribution in [-0.4, -0.2) is 13.3 Å². The topological polar surface area (TPSA) is 66.9 Å². The highest BCUT2D eigenvalue weighted by Crippen LogP contribution is 2.37. The van der Waals surface area contributed by atoms with Gasteiger partial charge in [0, 0.05) is 16.6 Å². The van der Waals surface area contributed by atoms with E-state index in [0.29, 0.717) is 11.3 Å². The van der Waals surface area contributed by atoms with E-state index in [9.17, 15) is 4.57 Å². The number of hydrogen-bond acceptors (Lipinski definition) is 3. The zero-order valence-corrected chi connectivity index (χ0v) is 16.0. The maximum absolute atomic E-state index is 12.4. The Kier molecular flexibility index (Phi) is 4.72. The Morgan fingerprint density at radius 2 is 1.54 bits per heavy atom. The smallest absolute Gasteiger partial charge is 0.109 e. The van der Waals surface area contributed by atoms with Gasteiger partial charge in [-0.2, -0.15) is 5.26 Å². The summed E-state index contributed by atoms with van der Waals surface area (Å²) in [6.45, 7) is 5.60. The van der Waals surface area contributed by atoms with Gasteiger partial charge in [0.2, 0.25) is 0 Å². The molecule has 0 aromatic heterocycles. The third kappa shape index (κ3) is 3.57. The van der Waals surface area contributed by atoms with Crippen molar-refractivity contribution in [1.29, 1.82) is 5.26 Å². The molecule has 0 saturated heterocycles. The fraction of sp³-hybridized carbons (Fsp3) is 0.136. The highest BCUT2D eigenvalue weighted by molar-refractivity contribution is 7.70. The van der Waals surface area contributed by atoms with Crippen LogP contribution in [0.4, 0.5) is 5.69 Å². The lowest BCUT2D eigenvalue weighted by atomic mass is 9.96. The summed E-state index contributed by atoms with van der Waals surface area (Å²) in [4.78, 5) is 0. The summed E-state index contributed by atoms with van der Waals surface area (Å²) in [5.74, 6) is 0. The first kappa shape index (κ1) is 18.0. The minimum absolute atomic E-state index is 0.625. The van der Waals surface area contributed by atoms with Gasteiger partial charge in [0.25, 0.3) is 0 Å². The number of aryl methyl sites for hydroxylation is 1. The summed E-state index contributed by atoms with van der Waals surface area (Å²) in [5.41, 5.74) is 12.7. The quantitative estimate of drug-likeness (QED) is 0.526. The standard InChI is InChI=1S/C22H21N2OP/c1-15-4-10-19(26(2,3)25)13-21(15)18-9-11-20(22(24)12-18)17-7-5-16(14-23)6-8-17/h4-13H,24H2,1-3H3. The molecule has 0 amide bonds. The average Bonchev–Trinajstić information content (AvgIpc) is 2.61. The number of anilines is 1. The van der Waals surface area contributed by atoms with Gasteiger partial charge in [0.1, 0.15) is 7.14 Å². The van der Waals surface area contributed by atoms with Crippen molar-refractivity contribution in [2.75, 3.05) is 19.1 Å². The molecule has 0 bridgehead atoms. The molecular weight excluding hydrogens is 339 g/mol. The lowest BCUT2D eigenvalue weighted by Crippen LogP contribution is -2.04. The number of benzene rings is 3. The summed E-state index contributed by atoms with van der Waals surface area (Å²) in [6.07, 6.45) is 0. The first-order chi connectivity index (χ1) is 12.3. The molecule has 0 aliphatic heterocycles. The molecule has 0 atom stereocenters. The Morgan fingerprint density at radius 3 is 2.12 bits per heavy atom. The van der Waals surface area contributed by atoms with Gasteiger partial charge >= 0.3 is 0 Å². The van der Waals surface area contributed by atoms with Gasteiger partial charge in [-0.25, -0.2) is 0 Å². The van der Waals surface area contributed by atoms with E-state index < -0.39 is 7.14 Å². The third-order valence-electron chi connectivity index (χ3n) is 4.53. The van der Waals surface area contributed by atoms with Crippen molar-refractivity contribution in [1.82, 2.24) is 0 Å². The van der Waals surface area contributed by atoms with Gasteiger partial charge in [0.05, 0.1) is 11.6 Å². The van der Waals surface area contributed by atoms with E-state index in [1.807, 2.05) is 55.5 Å². The van der Waals surface area contributed by atoms with Crippen LogP contribution in [0, 0.1) is 18.3 Å². The molecule has 0 radical (unpaired) electrons. The molecule has 0 aliphatic rings. The largest absolute Gasteiger partial charge is 0.398 e. The molecule has 3 aromatic rings. The summed E-state index contributed by atoms with van der Waals surface area (Å²) in [5, 5.41) is 9.80. The van der Waals surface area contributed by atoms with Gasteiger partial charge < -0.3 is 10.3 Å². The van der Waals surface area contributed by atoms with Crippen LogP contribution in [0.15, 0.2) is 60.7 Å². The SMILES string of the molecule is Cc1ccc(P(C)(C)=O)cc1-c1ccc(-c2ccc(C#N)cc2)c(N)c1. The van der Waals surface area contributed by atoms with Crippen molar-refractivity contribution in [3.8, 4) is 28.3 Å². The molecule has 3 nitrogen and oxygen atoms in total. The molecule has 3 aromatic carbocycles. The predicted octanol–water partition coefficient (Wildman–Crippen LogP) is 5.03. The number of nitrogens with zero attached hydrogens (tertiary/aromatic N) is 1. The molecular formula is C22H21N2OP. The monoisotopic (exact) mass is 360 g/mol. The molecule has 26 heavy (non-hydrogen) atoms. The summed E-state index contributed by atoms with van der Waals surface area (Å²) >= 11 is 0. The molecule has 130 valence electrons. The molecule has 0 fully saturated rings. The minimum atomic E-state index is -2.32. The molecule has 0 aliphatic carbocycles. The van der Waals surface area contributed by atoms with Crippen LogP contribution in [0.25, 0.3) is 22.3 Å². The lowest BCUT2D eigenvalue weighted by Gasteiger charge is -2.14. The molecule has 4 heteroatoms. The maximum Gasteiger partial charge on any atom is 0.109 e. The van der Waals surface area contributed by atoms with Crippen molar-refractivity contribution in [2.45, 2.75) is 6.92 Å². The first-order valence-corrected chi connectivity index (χ1v) is 11.0. The number of nitriles is 1. The fourth-order valence-corrected chi connectivity index (χ4v) is 3.85. The minimum Gasteiger partial charge on any atom is -0.398 e. The third-order valence-corrected chi connectivity index (χ3v) is 6.05. The van der Waals surface area contributed by atoms with Crippen molar-refractivity contribution < 1.29 is 4.57 Å². The Balaban J connectivity index is 2.05. The van der Waals surface area contributed by atoms with Gasteiger partial charge in [-0.05, 0) is 66.8 Å². The van der Waals surface area contributed by atoms with Crippen LogP contribution in [0.3, 0.4) is 0 Å². The van der Waals surface area contributed by atoms with Crippen molar-refractivity contribution >= 4 is 18.1 Å².